The van der Waals surface area contributed by atoms with E-state index in [1.54, 1.807) is 0 Å². The normalized spacial score (nSPS) is 35.4. The van der Waals surface area contributed by atoms with Gasteiger partial charge in [0, 0.05) is 27.3 Å². The molecule has 0 aromatic carbocycles. The Hall–Kier alpha value is -0.170. The van der Waals surface area contributed by atoms with E-state index in [0.717, 1.165) is 0 Å². The molecule has 1 unspecified atom stereocenters. The van der Waals surface area contributed by atoms with E-state index >= 15 is 0 Å². The topological polar surface area (TPSA) is 77.3 Å². The molecule has 1 rings (SSSR count). The Balaban J connectivity index is 2.90. The van der Waals surface area contributed by atoms with Gasteiger partial charge < -0.3 is 0 Å². The molecule has 0 bridgehead atoms. The fraction of sp³-hybridized carbons (Fsp3) is 1.00. The van der Waals surface area contributed by atoms with Crippen LogP contribution in [0.15, 0.2) is 0 Å². The fourth-order valence-electron chi connectivity index (χ4n) is 0.937. The lowest BCUT2D eigenvalue weighted by Crippen LogP contribution is -2.32. The lowest BCUT2D eigenvalue weighted by atomic mass is 10.3. The highest BCUT2D eigenvalue weighted by atomic mass is 79.9. The zero-order valence-corrected chi connectivity index (χ0v) is 7.89. The molecule has 1 saturated heterocycles. The minimum Gasteiger partial charge on any atom is -0.263 e. The number of nitro groups is 1. The Bertz CT molecular complexity index is 286. The standard InChI is InChI=1S/C4H6BrNO4S/c5-4(6(7)8)1-2-11(9,10)3-4/h1-3H2. The largest absolute Gasteiger partial charge is 0.289 e. The molecular formula is C4H6BrNO4S. The second-order valence-corrected chi connectivity index (χ2v) is 6.18. The van der Waals surface area contributed by atoms with Gasteiger partial charge in [-0.2, -0.15) is 0 Å². The second-order valence-electron chi connectivity index (χ2n) is 2.52. The van der Waals surface area contributed by atoms with Crippen LogP contribution in [-0.2, 0) is 9.84 Å². The third-order valence-corrected chi connectivity index (χ3v) is 4.65. The van der Waals surface area contributed by atoms with Gasteiger partial charge in [-0.1, -0.05) is 0 Å². The molecule has 7 heteroatoms. The van der Waals surface area contributed by atoms with Crippen LogP contribution in [0.4, 0.5) is 0 Å². The van der Waals surface area contributed by atoms with Gasteiger partial charge in [-0.3, -0.25) is 10.1 Å². The van der Waals surface area contributed by atoms with Gasteiger partial charge in [-0.15, -0.1) is 0 Å². The quantitative estimate of drug-likeness (QED) is 0.285. The number of nitrogens with zero attached hydrogens (tertiary/aromatic N) is 1. The van der Waals surface area contributed by atoms with Crippen LogP contribution >= 0.6 is 15.9 Å². The van der Waals surface area contributed by atoms with Crippen molar-refractivity contribution >= 4 is 25.8 Å². The summed E-state index contributed by atoms with van der Waals surface area (Å²) in [5.74, 6) is -0.494. The smallest absolute Gasteiger partial charge is 0.263 e. The zero-order valence-electron chi connectivity index (χ0n) is 5.49. The molecule has 0 radical (unpaired) electrons. The number of alkyl halides is 1. The van der Waals surface area contributed by atoms with Crippen molar-refractivity contribution < 1.29 is 13.3 Å². The SMILES string of the molecule is O=[N+]([O-])C1(Br)CCS(=O)(=O)C1. The Morgan fingerprint density at radius 2 is 2.09 bits per heavy atom. The average Bonchev–Trinajstić information content (AvgIpc) is 2.08. The number of rotatable bonds is 1. The van der Waals surface area contributed by atoms with Crippen molar-refractivity contribution in [1.82, 2.24) is 0 Å². The summed E-state index contributed by atoms with van der Waals surface area (Å²) in [5, 5.41) is 10.3. The van der Waals surface area contributed by atoms with Crippen molar-refractivity contribution in [3.05, 3.63) is 10.1 Å². The van der Waals surface area contributed by atoms with E-state index in [-0.39, 0.29) is 12.2 Å². The summed E-state index contributed by atoms with van der Waals surface area (Å²) < 4.78 is 20.2. The molecule has 1 aliphatic rings. The van der Waals surface area contributed by atoms with E-state index in [2.05, 4.69) is 15.9 Å². The number of hydrogen-bond acceptors (Lipinski definition) is 4. The van der Waals surface area contributed by atoms with E-state index in [0.29, 0.717) is 0 Å². The van der Waals surface area contributed by atoms with Gasteiger partial charge in [0.25, 0.3) is 4.45 Å². The van der Waals surface area contributed by atoms with Crippen LogP contribution in [0.3, 0.4) is 0 Å². The molecule has 0 aromatic heterocycles. The van der Waals surface area contributed by atoms with Gasteiger partial charge in [-0.25, -0.2) is 8.42 Å². The minimum absolute atomic E-state index is 0.0579. The molecule has 0 N–H and O–H groups in total. The molecule has 0 spiro atoms. The lowest BCUT2D eigenvalue weighted by molar-refractivity contribution is -0.528. The van der Waals surface area contributed by atoms with Crippen LogP contribution in [-0.4, -0.2) is 29.3 Å². The summed E-state index contributed by atoms with van der Waals surface area (Å²) >= 11 is 2.81. The highest BCUT2D eigenvalue weighted by molar-refractivity contribution is 9.10. The van der Waals surface area contributed by atoms with E-state index in [1.807, 2.05) is 0 Å². The number of hydrogen-bond donors (Lipinski definition) is 0. The van der Waals surface area contributed by atoms with Crippen molar-refractivity contribution in [3.63, 3.8) is 0 Å². The Labute approximate surface area is 72.0 Å². The third-order valence-electron chi connectivity index (χ3n) is 1.56. The molecule has 64 valence electrons. The molecule has 11 heavy (non-hydrogen) atoms. The minimum atomic E-state index is -3.19. The maximum absolute atomic E-state index is 10.8. The first kappa shape index (κ1) is 8.92. The first-order valence-electron chi connectivity index (χ1n) is 2.90. The molecule has 0 aromatic rings. The lowest BCUT2D eigenvalue weighted by Gasteiger charge is -2.07. The molecule has 0 amide bonds. The van der Waals surface area contributed by atoms with Gasteiger partial charge >= 0.3 is 0 Å². The summed E-state index contributed by atoms with van der Waals surface area (Å²) in [6, 6.07) is 0. The van der Waals surface area contributed by atoms with Crippen LogP contribution in [0.1, 0.15) is 6.42 Å². The van der Waals surface area contributed by atoms with Gasteiger partial charge in [0.05, 0.1) is 5.75 Å². The van der Waals surface area contributed by atoms with Gasteiger partial charge in [-0.05, 0) is 0 Å². The fourth-order valence-corrected chi connectivity index (χ4v) is 4.16. The molecule has 1 heterocycles. The van der Waals surface area contributed by atoms with Crippen LogP contribution < -0.4 is 0 Å². The van der Waals surface area contributed by atoms with Crippen molar-refractivity contribution in [3.8, 4) is 0 Å². The zero-order chi connectivity index (χ0) is 8.70. The van der Waals surface area contributed by atoms with Crippen molar-refractivity contribution in [1.29, 1.82) is 0 Å². The Kier molecular flexibility index (Phi) is 1.96. The maximum atomic E-state index is 10.8. The summed E-state index contributed by atoms with van der Waals surface area (Å²) in [4.78, 5) is 9.72. The van der Waals surface area contributed by atoms with Crippen molar-refractivity contribution in [2.45, 2.75) is 10.9 Å². The Morgan fingerprint density at radius 1 is 1.55 bits per heavy atom. The van der Waals surface area contributed by atoms with Crippen molar-refractivity contribution in [2.75, 3.05) is 11.5 Å². The predicted molar refractivity (Wildman–Crippen MR) is 41.9 cm³/mol. The van der Waals surface area contributed by atoms with E-state index < -0.39 is 25.0 Å². The maximum Gasteiger partial charge on any atom is 0.289 e. The number of sulfone groups is 1. The van der Waals surface area contributed by atoms with Crippen LogP contribution in [0, 0.1) is 10.1 Å². The predicted octanol–water partition coefficient (Wildman–Crippen LogP) is 0.173. The molecule has 1 aliphatic heterocycles. The molecule has 1 atom stereocenters. The summed E-state index contributed by atoms with van der Waals surface area (Å²) in [5.41, 5.74) is 0. The van der Waals surface area contributed by atoms with Crippen LogP contribution in [0.25, 0.3) is 0 Å². The van der Waals surface area contributed by atoms with E-state index in [9.17, 15) is 18.5 Å². The van der Waals surface area contributed by atoms with E-state index in [4.69, 9.17) is 0 Å². The van der Waals surface area contributed by atoms with E-state index in [1.165, 1.54) is 0 Å². The molecule has 5 nitrogen and oxygen atoms in total. The Morgan fingerprint density at radius 3 is 2.27 bits per heavy atom. The van der Waals surface area contributed by atoms with Crippen LogP contribution in [0.5, 0.6) is 0 Å². The van der Waals surface area contributed by atoms with Gasteiger partial charge in [0.1, 0.15) is 5.75 Å². The van der Waals surface area contributed by atoms with Crippen molar-refractivity contribution in [2.24, 2.45) is 0 Å². The van der Waals surface area contributed by atoms with Gasteiger partial charge in [0.15, 0.2) is 9.84 Å². The highest BCUT2D eigenvalue weighted by Crippen LogP contribution is 2.32. The molecule has 1 fully saturated rings. The third kappa shape index (κ3) is 1.70. The summed E-state index contributed by atoms with van der Waals surface area (Å²) in [7, 11) is -3.19. The molecular weight excluding hydrogens is 238 g/mol. The van der Waals surface area contributed by atoms with Crippen LogP contribution in [0.2, 0.25) is 0 Å². The monoisotopic (exact) mass is 243 g/mol. The molecule has 0 aliphatic carbocycles. The molecule has 0 saturated carbocycles. The highest BCUT2D eigenvalue weighted by Gasteiger charge is 2.50. The number of halogens is 1. The first-order chi connectivity index (χ1) is 4.86. The summed E-state index contributed by atoms with van der Waals surface area (Å²) in [6.07, 6.45) is 0.0579. The van der Waals surface area contributed by atoms with Gasteiger partial charge in [0.2, 0.25) is 0 Å². The average molecular weight is 244 g/mol. The second kappa shape index (κ2) is 2.41. The summed E-state index contributed by atoms with van der Waals surface area (Å²) in [6.45, 7) is 0. The first-order valence-corrected chi connectivity index (χ1v) is 5.51.